The van der Waals surface area contributed by atoms with Gasteiger partial charge >= 0.3 is 0 Å². The van der Waals surface area contributed by atoms with Gasteiger partial charge in [-0.3, -0.25) is 9.48 Å². The standard InChI is InChI=1S/C11H18N4O/c1-8-3-5-12-9(7-8)11(16)14-10-4-6-13-15(10)2/h4,6,8-9,12H,3,5,7H2,1-2H3,(H,14,16). The summed E-state index contributed by atoms with van der Waals surface area (Å²) < 4.78 is 1.66. The van der Waals surface area contributed by atoms with Gasteiger partial charge in [0.25, 0.3) is 0 Å². The molecule has 0 bridgehead atoms. The highest BCUT2D eigenvalue weighted by Gasteiger charge is 2.24. The zero-order chi connectivity index (χ0) is 11.5. The van der Waals surface area contributed by atoms with Gasteiger partial charge < -0.3 is 10.6 Å². The fraction of sp³-hybridized carbons (Fsp3) is 0.636. The normalized spacial score (nSPS) is 25.4. The van der Waals surface area contributed by atoms with Crippen molar-refractivity contribution in [2.75, 3.05) is 11.9 Å². The Morgan fingerprint density at radius 1 is 1.69 bits per heavy atom. The summed E-state index contributed by atoms with van der Waals surface area (Å²) in [6.07, 6.45) is 3.73. The molecule has 0 radical (unpaired) electrons. The molecule has 1 aliphatic heterocycles. The summed E-state index contributed by atoms with van der Waals surface area (Å²) in [7, 11) is 1.81. The Hall–Kier alpha value is -1.36. The van der Waals surface area contributed by atoms with Gasteiger partial charge in [0, 0.05) is 13.1 Å². The number of carbonyl (C=O) groups excluding carboxylic acids is 1. The fourth-order valence-corrected chi connectivity index (χ4v) is 2.02. The molecule has 1 aromatic rings. The van der Waals surface area contributed by atoms with Crippen molar-refractivity contribution in [1.82, 2.24) is 15.1 Å². The predicted octanol–water partition coefficient (Wildman–Crippen LogP) is 0.747. The van der Waals surface area contributed by atoms with E-state index in [-0.39, 0.29) is 11.9 Å². The summed E-state index contributed by atoms with van der Waals surface area (Å²) in [5, 5.41) is 10.1. The van der Waals surface area contributed by atoms with Gasteiger partial charge in [0.1, 0.15) is 5.82 Å². The molecule has 88 valence electrons. The fourth-order valence-electron chi connectivity index (χ4n) is 2.02. The number of nitrogens with one attached hydrogen (secondary N) is 2. The molecular formula is C11H18N4O. The van der Waals surface area contributed by atoms with Crippen molar-refractivity contribution in [2.45, 2.75) is 25.8 Å². The van der Waals surface area contributed by atoms with Crippen LogP contribution >= 0.6 is 0 Å². The Morgan fingerprint density at radius 3 is 3.12 bits per heavy atom. The summed E-state index contributed by atoms with van der Waals surface area (Å²) >= 11 is 0. The molecule has 0 spiro atoms. The molecule has 2 heterocycles. The second-order valence-electron chi connectivity index (χ2n) is 4.47. The molecule has 2 atom stereocenters. The summed E-state index contributed by atoms with van der Waals surface area (Å²) in [6, 6.07) is 1.73. The van der Waals surface area contributed by atoms with E-state index in [2.05, 4.69) is 22.7 Å². The van der Waals surface area contributed by atoms with Gasteiger partial charge in [-0.25, -0.2) is 0 Å². The monoisotopic (exact) mass is 222 g/mol. The van der Waals surface area contributed by atoms with Crippen molar-refractivity contribution in [3.63, 3.8) is 0 Å². The average molecular weight is 222 g/mol. The van der Waals surface area contributed by atoms with Gasteiger partial charge in [0.2, 0.25) is 5.91 Å². The molecule has 1 amide bonds. The first-order chi connectivity index (χ1) is 7.66. The molecule has 2 rings (SSSR count). The predicted molar refractivity (Wildman–Crippen MR) is 62.0 cm³/mol. The molecule has 0 saturated carbocycles. The zero-order valence-corrected chi connectivity index (χ0v) is 9.73. The highest BCUT2D eigenvalue weighted by Crippen LogP contribution is 2.16. The van der Waals surface area contributed by atoms with Crippen LogP contribution in [0.2, 0.25) is 0 Å². The van der Waals surface area contributed by atoms with E-state index in [1.54, 1.807) is 16.9 Å². The molecule has 16 heavy (non-hydrogen) atoms. The molecule has 1 aliphatic rings. The first-order valence-corrected chi connectivity index (χ1v) is 5.69. The number of anilines is 1. The molecule has 1 fully saturated rings. The van der Waals surface area contributed by atoms with Gasteiger partial charge in [-0.2, -0.15) is 5.10 Å². The number of hydrogen-bond donors (Lipinski definition) is 2. The minimum atomic E-state index is -0.0707. The number of piperidine rings is 1. The number of nitrogens with zero attached hydrogens (tertiary/aromatic N) is 2. The summed E-state index contributed by atoms with van der Waals surface area (Å²) in [4.78, 5) is 11.9. The van der Waals surface area contributed by atoms with Gasteiger partial charge in [-0.15, -0.1) is 0 Å². The third-order valence-electron chi connectivity index (χ3n) is 3.05. The lowest BCUT2D eigenvalue weighted by Crippen LogP contribution is -2.45. The average Bonchev–Trinajstić information content (AvgIpc) is 2.64. The largest absolute Gasteiger partial charge is 0.310 e. The van der Waals surface area contributed by atoms with E-state index in [9.17, 15) is 4.79 Å². The maximum Gasteiger partial charge on any atom is 0.242 e. The Kier molecular flexibility index (Phi) is 3.24. The van der Waals surface area contributed by atoms with E-state index in [1.165, 1.54) is 0 Å². The van der Waals surface area contributed by atoms with Crippen LogP contribution in [0.3, 0.4) is 0 Å². The van der Waals surface area contributed by atoms with Crippen molar-refractivity contribution in [2.24, 2.45) is 13.0 Å². The molecule has 0 aliphatic carbocycles. The molecular weight excluding hydrogens is 204 g/mol. The van der Waals surface area contributed by atoms with Crippen molar-refractivity contribution < 1.29 is 4.79 Å². The molecule has 5 nitrogen and oxygen atoms in total. The first kappa shape index (κ1) is 11.1. The molecule has 5 heteroatoms. The summed E-state index contributed by atoms with van der Waals surface area (Å²) in [6.45, 7) is 3.11. The Bertz CT molecular complexity index is 374. The van der Waals surface area contributed by atoms with Gasteiger partial charge in [0.05, 0.1) is 12.2 Å². The van der Waals surface area contributed by atoms with E-state index in [0.717, 1.165) is 25.2 Å². The van der Waals surface area contributed by atoms with Crippen molar-refractivity contribution in [1.29, 1.82) is 0 Å². The highest BCUT2D eigenvalue weighted by molar-refractivity contribution is 5.94. The van der Waals surface area contributed by atoms with Crippen molar-refractivity contribution >= 4 is 11.7 Å². The smallest absolute Gasteiger partial charge is 0.242 e. The van der Waals surface area contributed by atoms with Crippen molar-refractivity contribution in [3.8, 4) is 0 Å². The Morgan fingerprint density at radius 2 is 2.50 bits per heavy atom. The van der Waals surface area contributed by atoms with E-state index >= 15 is 0 Å². The third-order valence-corrected chi connectivity index (χ3v) is 3.05. The quantitative estimate of drug-likeness (QED) is 0.776. The van der Waals surface area contributed by atoms with E-state index in [1.807, 2.05) is 7.05 Å². The van der Waals surface area contributed by atoms with Gasteiger partial charge in [-0.05, 0) is 25.3 Å². The van der Waals surface area contributed by atoms with Crippen LogP contribution in [-0.2, 0) is 11.8 Å². The molecule has 1 saturated heterocycles. The number of aromatic nitrogens is 2. The second-order valence-corrected chi connectivity index (χ2v) is 4.47. The lowest BCUT2D eigenvalue weighted by atomic mass is 9.94. The van der Waals surface area contributed by atoms with E-state index in [4.69, 9.17) is 0 Å². The summed E-state index contributed by atoms with van der Waals surface area (Å²) in [5.74, 6) is 1.39. The van der Waals surface area contributed by atoms with E-state index in [0.29, 0.717) is 5.92 Å². The Labute approximate surface area is 95.2 Å². The van der Waals surface area contributed by atoms with E-state index < -0.39 is 0 Å². The van der Waals surface area contributed by atoms with Crippen molar-refractivity contribution in [3.05, 3.63) is 12.3 Å². The van der Waals surface area contributed by atoms with Crippen LogP contribution in [0.15, 0.2) is 12.3 Å². The number of carbonyl (C=O) groups is 1. The second kappa shape index (κ2) is 4.65. The number of aryl methyl sites for hydroxylation is 1. The number of amides is 1. The lowest BCUT2D eigenvalue weighted by Gasteiger charge is -2.27. The van der Waals surface area contributed by atoms with Crippen LogP contribution < -0.4 is 10.6 Å². The van der Waals surface area contributed by atoms with Gasteiger partial charge in [0.15, 0.2) is 0 Å². The molecule has 2 N–H and O–H groups in total. The third kappa shape index (κ3) is 2.41. The van der Waals surface area contributed by atoms with Crippen LogP contribution in [0.4, 0.5) is 5.82 Å². The highest BCUT2D eigenvalue weighted by atomic mass is 16.2. The van der Waals surface area contributed by atoms with Crippen LogP contribution in [-0.4, -0.2) is 28.3 Å². The van der Waals surface area contributed by atoms with Gasteiger partial charge in [-0.1, -0.05) is 6.92 Å². The number of hydrogen-bond acceptors (Lipinski definition) is 3. The van der Waals surface area contributed by atoms with Crippen LogP contribution in [0.25, 0.3) is 0 Å². The topological polar surface area (TPSA) is 59.0 Å². The number of rotatable bonds is 2. The molecule has 2 unspecified atom stereocenters. The van der Waals surface area contributed by atoms with Crippen LogP contribution in [0.1, 0.15) is 19.8 Å². The zero-order valence-electron chi connectivity index (χ0n) is 9.73. The maximum atomic E-state index is 11.9. The SMILES string of the molecule is CC1CCNC(C(=O)Nc2ccnn2C)C1. The minimum Gasteiger partial charge on any atom is -0.310 e. The van der Waals surface area contributed by atoms with Crippen LogP contribution in [0.5, 0.6) is 0 Å². The minimum absolute atomic E-state index is 0.0372. The Balaban J connectivity index is 1.95. The molecule has 0 aromatic carbocycles. The summed E-state index contributed by atoms with van der Waals surface area (Å²) in [5.41, 5.74) is 0. The maximum absolute atomic E-state index is 11.9. The lowest BCUT2D eigenvalue weighted by molar-refractivity contribution is -0.119. The first-order valence-electron chi connectivity index (χ1n) is 5.69. The van der Waals surface area contributed by atoms with Crippen LogP contribution in [0, 0.1) is 5.92 Å². The molecule has 1 aromatic heterocycles.